The van der Waals surface area contributed by atoms with Crippen molar-refractivity contribution < 1.29 is 13.3 Å². The van der Waals surface area contributed by atoms with E-state index in [0.29, 0.717) is 24.0 Å². The minimum Gasteiger partial charge on any atom is -0.258 e. The van der Waals surface area contributed by atoms with Gasteiger partial charge in [-0.15, -0.1) is 0 Å². The van der Waals surface area contributed by atoms with Crippen LogP contribution in [-0.2, 0) is 16.4 Å². The maximum absolute atomic E-state index is 12.5. The van der Waals surface area contributed by atoms with Crippen LogP contribution in [0.15, 0.2) is 47.4 Å². The van der Waals surface area contributed by atoms with Crippen molar-refractivity contribution in [2.45, 2.75) is 51.0 Å². The first-order chi connectivity index (χ1) is 12.3. The Bertz CT molecular complexity index is 873. The van der Waals surface area contributed by atoms with Gasteiger partial charge in [-0.25, -0.2) is 13.1 Å². The van der Waals surface area contributed by atoms with Crippen molar-refractivity contribution in [1.29, 1.82) is 0 Å². The van der Waals surface area contributed by atoms with Crippen LogP contribution in [0.4, 0.5) is 5.69 Å². The number of hydrogen-bond acceptors (Lipinski definition) is 4. The highest BCUT2D eigenvalue weighted by Crippen LogP contribution is 2.32. The lowest BCUT2D eigenvalue weighted by atomic mass is 10.0. The number of nitrogens with zero attached hydrogens (tertiary/aromatic N) is 1. The summed E-state index contributed by atoms with van der Waals surface area (Å²) in [5.74, 6) is 0. The van der Waals surface area contributed by atoms with Gasteiger partial charge in [0, 0.05) is 12.1 Å². The van der Waals surface area contributed by atoms with Gasteiger partial charge in [0.25, 0.3) is 5.69 Å². The van der Waals surface area contributed by atoms with Crippen molar-refractivity contribution in [2.24, 2.45) is 0 Å². The van der Waals surface area contributed by atoms with E-state index >= 15 is 0 Å². The summed E-state index contributed by atoms with van der Waals surface area (Å²) < 4.78 is 27.7. The lowest BCUT2D eigenvalue weighted by Gasteiger charge is -2.15. The summed E-state index contributed by atoms with van der Waals surface area (Å²) in [5.41, 5.74) is 2.00. The van der Waals surface area contributed by atoms with Crippen molar-refractivity contribution in [3.8, 4) is 11.1 Å². The maximum atomic E-state index is 12.5. The maximum Gasteiger partial charge on any atom is 0.278 e. The summed E-state index contributed by atoms with van der Waals surface area (Å²) in [7, 11) is -3.80. The van der Waals surface area contributed by atoms with E-state index < -0.39 is 14.9 Å². The van der Waals surface area contributed by atoms with Crippen LogP contribution in [-0.4, -0.2) is 19.4 Å². The predicted octanol–water partition coefficient (Wildman–Crippen LogP) is 4.29. The zero-order valence-electron chi connectivity index (χ0n) is 15.2. The molecule has 0 aromatic heterocycles. The minimum absolute atomic E-state index is 0.0926. The molecule has 2 rings (SSSR count). The van der Waals surface area contributed by atoms with Crippen LogP contribution >= 0.6 is 0 Å². The molecule has 1 N–H and O–H groups in total. The van der Waals surface area contributed by atoms with Gasteiger partial charge in [0.05, 0.1) is 15.4 Å². The summed E-state index contributed by atoms with van der Waals surface area (Å²) in [5, 5.41) is 11.5. The van der Waals surface area contributed by atoms with E-state index in [2.05, 4.69) is 4.72 Å². The Labute approximate surface area is 154 Å². The van der Waals surface area contributed by atoms with E-state index in [9.17, 15) is 18.5 Å². The average molecular weight is 376 g/mol. The Kier molecular flexibility index (Phi) is 6.50. The Morgan fingerprint density at radius 3 is 2.15 bits per heavy atom. The van der Waals surface area contributed by atoms with Crippen LogP contribution in [0.5, 0.6) is 0 Å². The number of nitrogens with one attached hydrogen (secondary N) is 1. The molecule has 0 atom stereocenters. The lowest BCUT2D eigenvalue weighted by Crippen LogP contribution is -2.33. The molecule has 0 saturated heterocycles. The third-order valence-electron chi connectivity index (χ3n) is 4.46. The van der Waals surface area contributed by atoms with Crippen molar-refractivity contribution in [1.82, 2.24) is 4.72 Å². The Balaban J connectivity index is 2.47. The van der Waals surface area contributed by atoms with Gasteiger partial charge in [-0.05, 0) is 42.5 Å². The molecule has 7 heteroatoms. The summed E-state index contributed by atoms with van der Waals surface area (Å²) in [6, 6.07) is 11.3. The molecule has 0 aliphatic carbocycles. The smallest absolute Gasteiger partial charge is 0.258 e. The molecular formula is C19H24N2O4S. The normalized spacial score (nSPS) is 11.7. The molecule has 0 heterocycles. The highest BCUT2D eigenvalue weighted by molar-refractivity contribution is 7.89. The molecule has 0 fully saturated rings. The van der Waals surface area contributed by atoms with E-state index in [4.69, 9.17) is 0 Å². The zero-order valence-corrected chi connectivity index (χ0v) is 16.0. The fourth-order valence-electron chi connectivity index (χ4n) is 2.74. The minimum atomic E-state index is -3.80. The molecule has 0 radical (unpaired) electrons. The number of benzene rings is 2. The fraction of sp³-hybridized carbons (Fsp3) is 0.368. The standard InChI is InChI=1S/C19H24N2O4S/c1-4-14-7-9-15(10-8-14)18-12-11-17(13-19(18)21(22)23)26(24,25)20-16(5-2)6-3/h7-13,16,20H,4-6H2,1-3H3. The Morgan fingerprint density at radius 2 is 1.65 bits per heavy atom. The van der Waals surface area contributed by atoms with Gasteiger partial charge in [0.1, 0.15) is 0 Å². The molecular weight excluding hydrogens is 352 g/mol. The second-order valence-corrected chi connectivity index (χ2v) is 7.84. The van der Waals surface area contributed by atoms with Gasteiger partial charge >= 0.3 is 0 Å². The molecule has 0 unspecified atom stereocenters. The first-order valence-corrected chi connectivity index (χ1v) is 10.2. The van der Waals surface area contributed by atoms with E-state index in [1.807, 2.05) is 45.0 Å². The summed E-state index contributed by atoms with van der Waals surface area (Å²) in [6.45, 7) is 5.81. The molecule has 6 nitrogen and oxygen atoms in total. The van der Waals surface area contributed by atoms with Gasteiger partial charge in [0.2, 0.25) is 10.0 Å². The monoisotopic (exact) mass is 376 g/mol. The van der Waals surface area contributed by atoms with Gasteiger partial charge < -0.3 is 0 Å². The molecule has 0 aliphatic rings. The second kappa shape index (κ2) is 8.42. The van der Waals surface area contributed by atoms with Crippen LogP contribution < -0.4 is 4.72 Å². The summed E-state index contributed by atoms with van der Waals surface area (Å²) in [6.07, 6.45) is 2.18. The molecule has 140 valence electrons. The topological polar surface area (TPSA) is 89.3 Å². The van der Waals surface area contributed by atoms with Crippen LogP contribution in [0.3, 0.4) is 0 Å². The molecule has 0 saturated carbocycles. The first kappa shape index (κ1) is 20.1. The largest absolute Gasteiger partial charge is 0.278 e. The van der Waals surface area contributed by atoms with Crippen LogP contribution in [0.2, 0.25) is 0 Å². The molecule has 0 spiro atoms. The third-order valence-corrected chi connectivity index (χ3v) is 5.97. The SMILES string of the molecule is CCc1ccc(-c2ccc(S(=O)(=O)NC(CC)CC)cc2[N+](=O)[O-])cc1. The van der Waals surface area contributed by atoms with Crippen molar-refractivity contribution in [3.63, 3.8) is 0 Å². The average Bonchev–Trinajstić information content (AvgIpc) is 2.65. The third kappa shape index (κ3) is 4.47. The predicted molar refractivity (Wildman–Crippen MR) is 103 cm³/mol. The Morgan fingerprint density at radius 1 is 1.04 bits per heavy atom. The Hall–Kier alpha value is -2.25. The number of nitro benzene ring substituents is 1. The van der Waals surface area contributed by atoms with Crippen LogP contribution in [0, 0.1) is 10.1 Å². The van der Waals surface area contributed by atoms with Crippen molar-refractivity contribution in [3.05, 3.63) is 58.1 Å². The van der Waals surface area contributed by atoms with Gasteiger partial charge in [-0.3, -0.25) is 10.1 Å². The summed E-state index contributed by atoms with van der Waals surface area (Å²) >= 11 is 0. The number of hydrogen-bond donors (Lipinski definition) is 1. The van der Waals surface area contributed by atoms with Gasteiger partial charge in [0.15, 0.2) is 0 Å². The van der Waals surface area contributed by atoms with Crippen LogP contribution in [0.25, 0.3) is 11.1 Å². The molecule has 26 heavy (non-hydrogen) atoms. The number of aryl methyl sites for hydroxylation is 1. The lowest BCUT2D eigenvalue weighted by molar-refractivity contribution is -0.384. The van der Waals surface area contributed by atoms with Crippen molar-refractivity contribution in [2.75, 3.05) is 0 Å². The molecule has 2 aromatic carbocycles. The summed E-state index contributed by atoms with van der Waals surface area (Å²) in [4.78, 5) is 10.9. The van der Waals surface area contributed by atoms with E-state index in [-0.39, 0.29) is 16.6 Å². The van der Waals surface area contributed by atoms with E-state index in [1.54, 1.807) is 0 Å². The molecule has 0 amide bonds. The van der Waals surface area contributed by atoms with E-state index in [0.717, 1.165) is 18.1 Å². The zero-order chi connectivity index (χ0) is 19.3. The number of nitro groups is 1. The van der Waals surface area contributed by atoms with Crippen molar-refractivity contribution >= 4 is 15.7 Å². The molecule has 0 aliphatic heterocycles. The molecule has 2 aromatic rings. The second-order valence-electron chi connectivity index (χ2n) is 6.12. The molecule has 0 bridgehead atoms. The fourth-order valence-corrected chi connectivity index (χ4v) is 4.16. The van der Waals surface area contributed by atoms with Gasteiger partial charge in [-0.1, -0.05) is 45.0 Å². The first-order valence-electron chi connectivity index (χ1n) is 8.72. The van der Waals surface area contributed by atoms with E-state index in [1.165, 1.54) is 12.1 Å². The van der Waals surface area contributed by atoms with Crippen LogP contribution in [0.1, 0.15) is 39.2 Å². The quantitative estimate of drug-likeness (QED) is 0.550. The van der Waals surface area contributed by atoms with Gasteiger partial charge in [-0.2, -0.15) is 0 Å². The highest BCUT2D eigenvalue weighted by atomic mass is 32.2. The highest BCUT2D eigenvalue weighted by Gasteiger charge is 2.23. The number of rotatable bonds is 8. The number of sulfonamides is 1.